The Morgan fingerprint density at radius 2 is 2.11 bits per heavy atom. The third-order valence-electron chi connectivity index (χ3n) is 2.66. The van der Waals surface area contributed by atoms with E-state index >= 15 is 0 Å². The van der Waals surface area contributed by atoms with Gasteiger partial charge in [0.15, 0.2) is 0 Å². The van der Waals surface area contributed by atoms with E-state index in [-0.39, 0.29) is 12.2 Å². The molecule has 0 aliphatic carbocycles. The van der Waals surface area contributed by atoms with Gasteiger partial charge in [-0.25, -0.2) is 9.78 Å². The zero-order valence-electron chi connectivity index (χ0n) is 9.76. The van der Waals surface area contributed by atoms with E-state index in [2.05, 4.69) is 10.3 Å². The predicted molar refractivity (Wildman–Crippen MR) is 68.9 cm³/mol. The van der Waals surface area contributed by atoms with Gasteiger partial charge in [-0.15, -0.1) is 0 Å². The summed E-state index contributed by atoms with van der Waals surface area (Å²) in [5.41, 5.74) is 0.264. The molecular weight excluding hydrogens is 232 g/mol. The summed E-state index contributed by atoms with van der Waals surface area (Å²) < 4.78 is 0. The van der Waals surface area contributed by atoms with Crippen molar-refractivity contribution in [3.8, 4) is 0 Å². The highest BCUT2D eigenvalue weighted by atomic mass is 16.4. The largest absolute Gasteiger partial charge is 0.478 e. The molecule has 2 aromatic rings. The van der Waals surface area contributed by atoms with Crippen LogP contribution in [0.25, 0.3) is 10.8 Å². The van der Waals surface area contributed by atoms with Gasteiger partial charge in [-0.05, 0) is 18.6 Å². The summed E-state index contributed by atoms with van der Waals surface area (Å²) in [5.74, 6) is -0.308. The Morgan fingerprint density at radius 3 is 2.83 bits per heavy atom. The molecule has 1 aromatic carbocycles. The van der Waals surface area contributed by atoms with Gasteiger partial charge in [0, 0.05) is 30.1 Å². The van der Waals surface area contributed by atoms with Crippen LogP contribution in [0.3, 0.4) is 0 Å². The number of pyridine rings is 1. The van der Waals surface area contributed by atoms with Crippen LogP contribution in [0.2, 0.25) is 0 Å². The summed E-state index contributed by atoms with van der Waals surface area (Å²) in [4.78, 5) is 15.3. The number of fused-ring (bicyclic) bond motifs is 1. The molecule has 0 amide bonds. The van der Waals surface area contributed by atoms with Crippen molar-refractivity contribution in [1.29, 1.82) is 0 Å². The van der Waals surface area contributed by atoms with Crippen molar-refractivity contribution < 1.29 is 15.0 Å². The van der Waals surface area contributed by atoms with Crippen molar-refractivity contribution in [2.24, 2.45) is 0 Å². The maximum absolute atomic E-state index is 11.1. The lowest BCUT2D eigenvalue weighted by Gasteiger charge is -2.09. The number of carbonyl (C=O) groups is 1. The van der Waals surface area contributed by atoms with Crippen molar-refractivity contribution in [2.75, 3.05) is 18.5 Å². The van der Waals surface area contributed by atoms with Gasteiger partial charge in [-0.2, -0.15) is 0 Å². The predicted octanol–water partition coefficient (Wildman–Crippen LogP) is 1.73. The lowest BCUT2D eigenvalue weighted by Crippen LogP contribution is -2.06. The van der Waals surface area contributed by atoms with E-state index in [0.717, 1.165) is 5.39 Å². The van der Waals surface area contributed by atoms with Gasteiger partial charge in [0.05, 0.1) is 5.56 Å². The summed E-state index contributed by atoms with van der Waals surface area (Å²) in [7, 11) is 0. The second-order valence-electron chi connectivity index (χ2n) is 3.87. The molecule has 0 unspecified atom stereocenters. The standard InChI is InChI=1S/C13H14N2O3/c16-8-2-6-14-12-10-3-1-4-11(13(17)18)9(10)5-7-15-12/h1,3-5,7,16H,2,6,8H2,(H,14,15)(H,17,18). The third-order valence-corrected chi connectivity index (χ3v) is 2.66. The van der Waals surface area contributed by atoms with Crippen LogP contribution in [0.1, 0.15) is 16.8 Å². The second kappa shape index (κ2) is 5.46. The molecule has 94 valence electrons. The van der Waals surface area contributed by atoms with Gasteiger partial charge in [0.25, 0.3) is 0 Å². The van der Waals surface area contributed by atoms with E-state index in [1.54, 1.807) is 24.4 Å². The lowest BCUT2D eigenvalue weighted by molar-refractivity contribution is 0.0699. The average molecular weight is 246 g/mol. The van der Waals surface area contributed by atoms with E-state index in [0.29, 0.717) is 24.2 Å². The Bertz CT molecular complexity index is 569. The molecule has 0 bridgehead atoms. The molecule has 0 saturated carbocycles. The van der Waals surface area contributed by atoms with E-state index in [1.807, 2.05) is 6.07 Å². The smallest absolute Gasteiger partial charge is 0.336 e. The van der Waals surface area contributed by atoms with Gasteiger partial charge in [0.2, 0.25) is 0 Å². The fourth-order valence-corrected chi connectivity index (χ4v) is 1.82. The minimum Gasteiger partial charge on any atom is -0.478 e. The number of nitrogens with one attached hydrogen (secondary N) is 1. The maximum Gasteiger partial charge on any atom is 0.336 e. The number of hydrogen-bond acceptors (Lipinski definition) is 4. The summed E-state index contributed by atoms with van der Waals surface area (Å²) >= 11 is 0. The number of aromatic nitrogens is 1. The van der Waals surface area contributed by atoms with Gasteiger partial charge < -0.3 is 15.5 Å². The van der Waals surface area contributed by atoms with E-state index in [9.17, 15) is 4.79 Å². The van der Waals surface area contributed by atoms with Crippen molar-refractivity contribution in [2.45, 2.75) is 6.42 Å². The van der Waals surface area contributed by atoms with Gasteiger partial charge in [-0.3, -0.25) is 0 Å². The minimum atomic E-state index is -0.951. The molecule has 5 heteroatoms. The first kappa shape index (κ1) is 12.3. The molecule has 0 atom stereocenters. The first-order valence-corrected chi connectivity index (χ1v) is 5.70. The van der Waals surface area contributed by atoms with Crippen molar-refractivity contribution in [3.05, 3.63) is 36.0 Å². The van der Waals surface area contributed by atoms with Crippen LogP contribution in [0.15, 0.2) is 30.5 Å². The van der Waals surface area contributed by atoms with Crippen LogP contribution in [0, 0.1) is 0 Å². The molecule has 0 saturated heterocycles. The number of hydrogen-bond donors (Lipinski definition) is 3. The van der Waals surface area contributed by atoms with E-state index < -0.39 is 5.97 Å². The molecule has 3 N–H and O–H groups in total. The van der Waals surface area contributed by atoms with E-state index in [1.165, 1.54) is 0 Å². The Morgan fingerprint density at radius 1 is 1.28 bits per heavy atom. The van der Waals surface area contributed by atoms with Crippen molar-refractivity contribution in [3.63, 3.8) is 0 Å². The fourth-order valence-electron chi connectivity index (χ4n) is 1.82. The third kappa shape index (κ3) is 2.41. The minimum absolute atomic E-state index is 0.109. The van der Waals surface area contributed by atoms with Crippen LogP contribution in [0.4, 0.5) is 5.82 Å². The van der Waals surface area contributed by atoms with Crippen molar-refractivity contribution in [1.82, 2.24) is 4.98 Å². The highest BCUT2D eigenvalue weighted by molar-refractivity contribution is 6.06. The molecule has 0 aliphatic heterocycles. The summed E-state index contributed by atoms with van der Waals surface area (Å²) in [5, 5.41) is 22.4. The first-order chi connectivity index (χ1) is 8.74. The molecule has 0 spiro atoms. The number of benzene rings is 1. The number of aliphatic hydroxyl groups is 1. The number of anilines is 1. The first-order valence-electron chi connectivity index (χ1n) is 5.70. The topological polar surface area (TPSA) is 82.5 Å². The number of carboxylic acid groups (broad SMARTS) is 1. The Kier molecular flexibility index (Phi) is 3.74. The number of aliphatic hydroxyl groups excluding tert-OH is 1. The quantitative estimate of drug-likeness (QED) is 0.700. The van der Waals surface area contributed by atoms with Crippen LogP contribution < -0.4 is 5.32 Å². The zero-order chi connectivity index (χ0) is 13.0. The lowest BCUT2D eigenvalue weighted by atomic mass is 10.1. The monoisotopic (exact) mass is 246 g/mol. The summed E-state index contributed by atoms with van der Waals surface area (Å²) in [6.45, 7) is 0.706. The number of aromatic carboxylic acids is 1. The molecular formula is C13H14N2O3. The summed E-state index contributed by atoms with van der Waals surface area (Å²) in [6.07, 6.45) is 2.20. The summed E-state index contributed by atoms with van der Waals surface area (Å²) in [6, 6.07) is 6.79. The molecule has 5 nitrogen and oxygen atoms in total. The van der Waals surface area contributed by atoms with Gasteiger partial charge >= 0.3 is 5.97 Å². The molecule has 0 fully saturated rings. The van der Waals surface area contributed by atoms with Crippen LogP contribution in [-0.4, -0.2) is 34.3 Å². The van der Waals surface area contributed by atoms with Crippen LogP contribution in [0.5, 0.6) is 0 Å². The number of carboxylic acids is 1. The van der Waals surface area contributed by atoms with E-state index in [4.69, 9.17) is 10.2 Å². The van der Waals surface area contributed by atoms with Gasteiger partial charge in [-0.1, -0.05) is 12.1 Å². The Balaban J connectivity index is 2.43. The molecule has 0 aliphatic rings. The molecule has 1 heterocycles. The van der Waals surface area contributed by atoms with Crippen LogP contribution in [-0.2, 0) is 0 Å². The average Bonchev–Trinajstić information content (AvgIpc) is 2.38. The Hall–Kier alpha value is -2.14. The highest BCUT2D eigenvalue weighted by Gasteiger charge is 2.10. The molecule has 1 aromatic heterocycles. The maximum atomic E-state index is 11.1. The zero-order valence-corrected chi connectivity index (χ0v) is 9.76. The molecule has 0 radical (unpaired) electrons. The normalized spacial score (nSPS) is 10.5. The van der Waals surface area contributed by atoms with Crippen molar-refractivity contribution >= 4 is 22.6 Å². The van der Waals surface area contributed by atoms with Crippen LogP contribution >= 0.6 is 0 Å². The Labute approximate surface area is 104 Å². The fraction of sp³-hybridized carbons (Fsp3) is 0.231. The SMILES string of the molecule is O=C(O)c1cccc2c(NCCCO)nccc12. The number of rotatable bonds is 5. The van der Waals surface area contributed by atoms with Gasteiger partial charge in [0.1, 0.15) is 5.82 Å². The molecule has 18 heavy (non-hydrogen) atoms. The second-order valence-corrected chi connectivity index (χ2v) is 3.87. The highest BCUT2D eigenvalue weighted by Crippen LogP contribution is 2.24. The molecule has 2 rings (SSSR count). The number of nitrogens with zero attached hydrogens (tertiary/aromatic N) is 1.